The highest BCUT2D eigenvalue weighted by Crippen LogP contribution is 2.06. The molecule has 0 aliphatic carbocycles. The lowest BCUT2D eigenvalue weighted by Gasteiger charge is -2.07. The summed E-state index contributed by atoms with van der Waals surface area (Å²) in [6.07, 6.45) is 1.72. The number of nitrogens with zero attached hydrogens (tertiary/aromatic N) is 2. The Morgan fingerprint density at radius 2 is 2.15 bits per heavy atom. The molecule has 0 saturated carbocycles. The molecule has 0 aliphatic rings. The van der Waals surface area contributed by atoms with Gasteiger partial charge in [0.15, 0.2) is 0 Å². The van der Waals surface area contributed by atoms with Crippen LogP contribution < -0.4 is 5.32 Å². The first-order valence-electron chi connectivity index (χ1n) is 4.28. The van der Waals surface area contributed by atoms with E-state index in [9.17, 15) is 0 Å². The summed E-state index contributed by atoms with van der Waals surface area (Å²) < 4.78 is 0. The molecule has 4 heteroatoms. The lowest BCUT2D eigenvalue weighted by molar-refractivity contribution is 0.958. The number of aromatic nitrogens is 2. The zero-order valence-corrected chi connectivity index (χ0v) is 8.89. The van der Waals surface area contributed by atoms with Crippen molar-refractivity contribution in [3.63, 3.8) is 0 Å². The number of halogens is 1. The van der Waals surface area contributed by atoms with Gasteiger partial charge in [0.1, 0.15) is 5.82 Å². The van der Waals surface area contributed by atoms with Crippen LogP contribution in [-0.4, -0.2) is 21.9 Å². The average molecular weight is 200 g/mol. The molecule has 1 aromatic rings. The highest BCUT2D eigenvalue weighted by atomic mass is 35.5. The summed E-state index contributed by atoms with van der Waals surface area (Å²) in [5.41, 5.74) is 1.91. The predicted octanol–water partition coefficient (Wildman–Crippen LogP) is 2.13. The van der Waals surface area contributed by atoms with Gasteiger partial charge in [0.2, 0.25) is 0 Å². The zero-order chi connectivity index (χ0) is 9.84. The van der Waals surface area contributed by atoms with Gasteiger partial charge in [0.05, 0.1) is 17.6 Å². The Morgan fingerprint density at radius 3 is 2.69 bits per heavy atom. The van der Waals surface area contributed by atoms with Crippen LogP contribution in [0.1, 0.15) is 18.3 Å². The summed E-state index contributed by atoms with van der Waals surface area (Å²) in [4.78, 5) is 8.50. The van der Waals surface area contributed by atoms with Crippen LogP contribution in [0.5, 0.6) is 0 Å². The first kappa shape index (κ1) is 10.3. The fourth-order valence-electron chi connectivity index (χ4n) is 0.872. The van der Waals surface area contributed by atoms with Crippen LogP contribution in [0, 0.1) is 13.8 Å². The highest BCUT2D eigenvalue weighted by Gasteiger charge is 2.00. The van der Waals surface area contributed by atoms with Gasteiger partial charge in [-0.2, -0.15) is 0 Å². The number of anilines is 1. The van der Waals surface area contributed by atoms with E-state index < -0.39 is 0 Å². The Hall–Kier alpha value is -0.830. The topological polar surface area (TPSA) is 37.8 Å². The van der Waals surface area contributed by atoms with Gasteiger partial charge >= 0.3 is 0 Å². The molecule has 1 unspecified atom stereocenters. The van der Waals surface area contributed by atoms with E-state index >= 15 is 0 Å². The zero-order valence-electron chi connectivity index (χ0n) is 8.13. The number of hydrogen-bond acceptors (Lipinski definition) is 3. The summed E-state index contributed by atoms with van der Waals surface area (Å²) in [6.45, 7) is 6.52. The van der Waals surface area contributed by atoms with Crippen molar-refractivity contribution in [3.05, 3.63) is 17.6 Å². The Labute approximate surface area is 83.5 Å². The Kier molecular flexibility index (Phi) is 3.48. The molecule has 1 heterocycles. The molecule has 1 rings (SSSR count). The normalized spacial score (nSPS) is 12.6. The van der Waals surface area contributed by atoms with Crippen molar-refractivity contribution in [3.8, 4) is 0 Å². The fourth-order valence-corrected chi connectivity index (χ4v) is 0.949. The lowest BCUT2D eigenvalue weighted by atomic mass is 10.3. The molecule has 1 N–H and O–H groups in total. The third kappa shape index (κ3) is 3.19. The van der Waals surface area contributed by atoms with Crippen molar-refractivity contribution in [1.29, 1.82) is 0 Å². The third-order valence-electron chi connectivity index (χ3n) is 1.76. The summed E-state index contributed by atoms with van der Waals surface area (Å²) in [6, 6.07) is 0. The van der Waals surface area contributed by atoms with Gasteiger partial charge in [-0.15, -0.1) is 11.6 Å². The molecular weight excluding hydrogens is 186 g/mol. The standard InChI is InChI=1S/C9H14ClN3/c1-6(10)4-12-9-5-11-7(2)8(3)13-9/h5-6H,4H2,1-3H3,(H,12,13). The molecule has 0 bridgehead atoms. The average Bonchev–Trinajstić information content (AvgIpc) is 2.07. The van der Waals surface area contributed by atoms with Crippen molar-refractivity contribution in [1.82, 2.24) is 9.97 Å². The molecule has 0 amide bonds. The van der Waals surface area contributed by atoms with E-state index in [1.807, 2.05) is 20.8 Å². The number of aryl methyl sites for hydroxylation is 2. The first-order valence-corrected chi connectivity index (χ1v) is 4.71. The number of alkyl halides is 1. The molecular formula is C9H14ClN3. The molecule has 0 saturated heterocycles. The third-order valence-corrected chi connectivity index (χ3v) is 1.91. The molecule has 13 heavy (non-hydrogen) atoms. The van der Waals surface area contributed by atoms with Gasteiger partial charge in [-0.05, 0) is 20.8 Å². The molecule has 72 valence electrons. The predicted molar refractivity (Wildman–Crippen MR) is 55.3 cm³/mol. The van der Waals surface area contributed by atoms with Gasteiger partial charge in [0.25, 0.3) is 0 Å². The van der Waals surface area contributed by atoms with Gasteiger partial charge in [-0.25, -0.2) is 4.98 Å². The molecule has 0 spiro atoms. The maximum absolute atomic E-state index is 5.79. The summed E-state index contributed by atoms with van der Waals surface area (Å²) in [5, 5.41) is 3.21. The van der Waals surface area contributed by atoms with E-state index in [1.165, 1.54) is 0 Å². The van der Waals surface area contributed by atoms with Crippen molar-refractivity contribution in [2.75, 3.05) is 11.9 Å². The fraction of sp³-hybridized carbons (Fsp3) is 0.556. The Morgan fingerprint density at radius 1 is 1.46 bits per heavy atom. The van der Waals surface area contributed by atoms with Gasteiger partial charge in [-0.3, -0.25) is 4.98 Å². The van der Waals surface area contributed by atoms with Crippen molar-refractivity contribution in [2.24, 2.45) is 0 Å². The van der Waals surface area contributed by atoms with Crippen LogP contribution in [0.3, 0.4) is 0 Å². The monoisotopic (exact) mass is 199 g/mol. The maximum Gasteiger partial charge on any atom is 0.144 e. The first-order chi connectivity index (χ1) is 6.09. The highest BCUT2D eigenvalue weighted by molar-refractivity contribution is 6.20. The minimum absolute atomic E-state index is 0.100. The Bertz CT molecular complexity index is 286. The minimum atomic E-state index is 0.100. The van der Waals surface area contributed by atoms with E-state index in [0.717, 1.165) is 17.2 Å². The second-order valence-corrected chi connectivity index (χ2v) is 3.83. The number of hydrogen-bond donors (Lipinski definition) is 1. The molecule has 1 aromatic heterocycles. The van der Waals surface area contributed by atoms with Crippen LogP contribution in [0.4, 0.5) is 5.82 Å². The molecule has 0 aliphatic heterocycles. The Balaban J connectivity index is 2.63. The molecule has 0 aromatic carbocycles. The van der Waals surface area contributed by atoms with Crippen molar-refractivity contribution in [2.45, 2.75) is 26.1 Å². The van der Waals surface area contributed by atoms with E-state index in [0.29, 0.717) is 6.54 Å². The summed E-state index contributed by atoms with van der Waals surface area (Å²) in [7, 11) is 0. The van der Waals surface area contributed by atoms with E-state index in [4.69, 9.17) is 11.6 Å². The maximum atomic E-state index is 5.79. The van der Waals surface area contributed by atoms with Crippen LogP contribution >= 0.6 is 11.6 Å². The van der Waals surface area contributed by atoms with E-state index in [1.54, 1.807) is 6.20 Å². The summed E-state index contributed by atoms with van der Waals surface area (Å²) in [5.74, 6) is 0.788. The summed E-state index contributed by atoms with van der Waals surface area (Å²) >= 11 is 5.79. The smallest absolute Gasteiger partial charge is 0.144 e. The quantitative estimate of drug-likeness (QED) is 0.758. The molecule has 1 atom stereocenters. The van der Waals surface area contributed by atoms with Gasteiger partial charge in [0, 0.05) is 11.9 Å². The van der Waals surface area contributed by atoms with E-state index in [2.05, 4.69) is 15.3 Å². The molecule has 0 radical (unpaired) electrons. The SMILES string of the molecule is Cc1ncc(NCC(C)Cl)nc1C. The van der Waals surface area contributed by atoms with Crippen LogP contribution in [0.25, 0.3) is 0 Å². The lowest BCUT2D eigenvalue weighted by Crippen LogP contribution is -2.12. The van der Waals surface area contributed by atoms with Crippen LogP contribution in [-0.2, 0) is 0 Å². The number of rotatable bonds is 3. The van der Waals surface area contributed by atoms with E-state index in [-0.39, 0.29) is 5.38 Å². The van der Waals surface area contributed by atoms with Gasteiger partial charge in [-0.1, -0.05) is 0 Å². The molecule has 3 nitrogen and oxygen atoms in total. The molecule has 0 fully saturated rings. The second-order valence-electron chi connectivity index (χ2n) is 3.09. The van der Waals surface area contributed by atoms with Crippen molar-refractivity contribution >= 4 is 17.4 Å². The van der Waals surface area contributed by atoms with Crippen LogP contribution in [0.2, 0.25) is 0 Å². The minimum Gasteiger partial charge on any atom is -0.367 e. The van der Waals surface area contributed by atoms with Gasteiger partial charge < -0.3 is 5.32 Å². The van der Waals surface area contributed by atoms with Crippen LogP contribution in [0.15, 0.2) is 6.20 Å². The number of nitrogens with one attached hydrogen (secondary N) is 1. The van der Waals surface area contributed by atoms with Crippen molar-refractivity contribution < 1.29 is 0 Å². The second kappa shape index (κ2) is 4.42. The largest absolute Gasteiger partial charge is 0.367 e.